The van der Waals surface area contributed by atoms with E-state index in [1.165, 1.54) is 11.3 Å². The monoisotopic (exact) mass is 388 g/mol. The molecule has 1 N–H and O–H groups in total. The number of thiophene rings is 1. The molecule has 1 heterocycles. The summed E-state index contributed by atoms with van der Waals surface area (Å²) < 4.78 is 11.5. The minimum absolute atomic E-state index is 0.345. The lowest BCUT2D eigenvalue weighted by Crippen LogP contribution is -1.93. The van der Waals surface area contributed by atoms with Gasteiger partial charge in [0.25, 0.3) is 0 Å². The van der Waals surface area contributed by atoms with E-state index in [9.17, 15) is 4.79 Å². The van der Waals surface area contributed by atoms with Crippen molar-refractivity contribution in [1.82, 2.24) is 0 Å². The third kappa shape index (κ3) is 3.93. The lowest BCUT2D eigenvalue weighted by atomic mass is 10.2. The number of carboxylic acids is 1. The van der Waals surface area contributed by atoms with Crippen molar-refractivity contribution < 1.29 is 19.4 Å². The number of carboxylic acid groups (broad SMARTS) is 1. The minimum Gasteiger partial charge on any atom is -0.496 e. The molecule has 0 radical (unpaired) electrons. The topological polar surface area (TPSA) is 55.8 Å². The Morgan fingerprint density at radius 3 is 2.57 bits per heavy atom. The summed E-state index contributed by atoms with van der Waals surface area (Å²) in [4.78, 5) is 12.1. The van der Waals surface area contributed by atoms with Gasteiger partial charge < -0.3 is 14.6 Å². The standard InChI is InChI=1S/C14H13BrO4S2/c1-18-11-5-10(15)12(19-2)3-8(11)6-20-9-4-13(14(16)17)21-7-9/h3-5,7H,6H2,1-2H3,(H,16,17). The molecule has 112 valence electrons. The predicted molar refractivity (Wildman–Crippen MR) is 88.1 cm³/mol. The number of halogens is 1. The molecule has 0 atom stereocenters. The van der Waals surface area contributed by atoms with Crippen LogP contribution in [0.2, 0.25) is 0 Å². The highest BCUT2D eigenvalue weighted by atomic mass is 79.9. The second-order valence-electron chi connectivity index (χ2n) is 4.04. The van der Waals surface area contributed by atoms with Crippen LogP contribution in [0.5, 0.6) is 11.5 Å². The Hall–Kier alpha value is -1.18. The first-order valence-corrected chi connectivity index (χ1v) is 8.56. The molecule has 0 bridgehead atoms. The van der Waals surface area contributed by atoms with Crippen LogP contribution in [0.25, 0.3) is 0 Å². The number of ether oxygens (including phenoxy) is 2. The number of thioether (sulfide) groups is 1. The van der Waals surface area contributed by atoms with Gasteiger partial charge in [0.1, 0.15) is 16.4 Å². The van der Waals surface area contributed by atoms with Crippen LogP contribution in [0.15, 0.2) is 32.9 Å². The molecule has 0 fully saturated rings. The number of benzene rings is 1. The van der Waals surface area contributed by atoms with Gasteiger partial charge in [-0.05, 0) is 34.1 Å². The second kappa shape index (κ2) is 7.20. The van der Waals surface area contributed by atoms with Crippen molar-refractivity contribution in [3.05, 3.63) is 38.5 Å². The summed E-state index contributed by atoms with van der Waals surface area (Å²) in [6.07, 6.45) is 0. The molecule has 4 nitrogen and oxygen atoms in total. The number of methoxy groups -OCH3 is 2. The van der Waals surface area contributed by atoms with Crippen LogP contribution in [0.1, 0.15) is 15.2 Å². The summed E-state index contributed by atoms with van der Waals surface area (Å²) in [5, 5.41) is 10.8. The summed E-state index contributed by atoms with van der Waals surface area (Å²) in [5.41, 5.74) is 0.991. The molecule has 0 aliphatic heterocycles. The first kappa shape index (κ1) is 16.2. The highest BCUT2D eigenvalue weighted by molar-refractivity contribution is 9.10. The maximum absolute atomic E-state index is 10.9. The van der Waals surface area contributed by atoms with Crippen molar-refractivity contribution in [2.75, 3.05) is 14.2 Å². The smallest absolute Gasteiger partial charge is 0.345 e. The molecule has 2 aromatic rings. The number of hydrogen-bond donors (Lipinski definition) is 1. The van der Waals surface area contributed by atoms with Gasteiger partial charge in [-0.25, -0.2) is 4.79 Å². The third-order valence-corrected chi connectivity index (χ3v) is 5.45. The molecule has 21 heavy (non-hydrogen) atoms. The Labute approximate surface area is 139 Å². The summed E-state index contributed by atoms with van der Waals surface area (Å²) in [7, 11) is 3.23. The first-order chi connectivity index (χ1) is 10.0. The van der Waals surface area contributed by atoms with Crippen molar-refractivity contribution in [3.8, 4) is 11.5 Å². The number of aromatic carboxylic acids is 1. The fourth-order valence-electron chi connectivity index (χ4n) is 1.70. The van der Waals surface area contributed by atoms with Gasteiger partial charge >= 0.3 is 5.97 Å². The van der Waals surface area contributed by atoms with E-state index in [0.29, 0.717) is 10.6 Å². The summed E-state index contributed by atoms with van der Waals surface area (Å²) in [6, 6.07) is 5.46. The van der Waals surface area contributed by atoms with Crippen molar-refractivity contribution in [2.24, 2.45) is 0 Å². The number of rotatable bonds is 6. The quantitative estimate of drug-likeness (QED) is 0.737. The summed E-state index contributed by atoms with van der Waals surface area (Å²) >= 11 is 6.21. The van der Waals surface area contributed by atoms with Crippen molar-refractivity contribution in [2.45, 2.75) is 10.6 Å². The third-order valence-electron chi connectivity index (χ3n) is 2.74. The van der Waals surface area contributed by atoms with E-state index in [4.69, 9.17) is 14.6 Å². The molecule has 0 spiro atoms. The molecule has 1 aromatic heterocycles. The Balaban J connectivity index is 2.16. The van der Waals surface area contributed by atoms with Gasteiger partial charge in [0.15, 0.2) is 0 Å². The Morgan fingerprint density at radius 1 is 1.29 bits per heavy atom. The van der Waals surface area contributed by atoms with E-state index in [-0.39, 0.29) is 0 Å². The highest BCUT2D eigenvalue weighted by Crippen LogP contribution is 2.36. The molecular formula is C14H13BrO4S2. The van der Waals surface area contributed by atoms with Crippen LogP contribution in [0.4, 0.5) is 0 Å². The van der Waals surface area contributed by atoms with E-state index in [2.05, 4.69) is 15.9 Å². The van der Waals surface area contributed by atoms with E-state index < -0.39 is 5.97 Å². The SMILES string of the molecule is COc1cc(CSc2csc(C(=O)O)c2)c(OC)cc1Br. The first-order valence-electron chi connectivity index (χ1n) is 5.90. The zero-order valence-electron chi connectivity index (χ0n) is 11.4. The molecule has 1 aromatic carbocycles. The molecule has 2 rings (SSSR count). The molecule has 0 saturated carbocycles. The maximum Gasteiger partial charge on any atom is 0.345 e. The molecule has 0 aliphatic carbocycles. The summed E-state index contributed by atoms with van der Waals surface area (Å²) in [5.74, 6) is 1.28. The average Bonchev–Trinajstić information content (AvgIpc) is 2.94. The highest BCUT2D eigenvalue weighted by Gasteiger charge is 2.12. The van der Waals surface area contributed by atoms with Gasteiger partial charge in [0, 0.05) is 21.6 Å². The zero-order valence-corrected chi connectivity index (χ0v) is 14.6. The van der Waals surface area contributed by atoms with Crippen LogP contribution in [-0.4, -0.2) is 25.3 Å². The van der Waals surface area contributed by atoms with Gasteiger partial charge in [-0.3, -0.25) is 0 Å². The molecule has 7 heteroatoms. The molecule has 0 unspecified atom stereocenters. The lowest BCUT2D eigenvalue weighted by molar-refractivity contribution is 0.0702. The van der Waals surface area contributed by atoms with Crippen molar-refractivity contribution >= 4 is 45.0 Å². The van der Waals surface area contributed by atoms with Crippen LogP contribution in [-0.2, 0) is 5.75 Å². The number of hydrogen-bond acceptors (Lipinski definition) is 5. The minimum atomic E-state index is -0.894. The van der Waals surface area contributed by atoms with Gasteiger partial charge in [0.2, 0.25) is 0 Å². The molecular weight excluding hydrogens is 376 g/mol. The molecule has 0 amide bonds. The average molecular weight is 389 g/mol. The largest absolute Gasteiger partial charge is 0.496 e. The van der Waals surface area contributed by atoms with E-state index >= 15 is 0 Å². The Morgan fingerprint density at radius 2 is 2.00 bits per heavy atom. The lowest BCUT2D eigenvalue weighted by Gasteiger charge is -2.11. The van der Waals surface area contributed by atoms with Gasteiger partial charge in [-0.2, -0.15) is 0 Å². The van der Waals surface area contributed by atoms with Gasteiger partial charge in [0.05, 0.1) is 18.7 Å². The van der Waals surface area contributed by atoms with E-state index in [0.717, 1.165) is 26.4 Å². The summed E-state index contributed by atoms with van der Waals surface area (Å²) in [6.45, 7) is 0. The van der Waals surface area contributed by atoms with Crippen LogP contribution in [0, 0.1) is 0 Å². The molecule has 0 saturated heterocycles. The molecule has 0 aliphatic rings. The second-order valence-corrected chi connectivity index (χ2v) is 6.85. The maximum atomic E-state index is 10.9. The normalized spacial score (nSPS) is 10.4. The van der Waals surface area contributed by atoms with Crippen molar-refractivity contribution in [1.29, 1.82) is 0 Å². The Kier molecular flexibility index (Phi) is 5.55. The fraction of sp³-hybridized carbons (Fsp3) is 0.214. The predicted octanol–water partition coefficient (Wildman–Crippen LogP) is 4.52. The van der Waals surface area contributed by atoms with Gasteiger partial charge in [-0.15, -0.1) is 23.1 Å². The van der Waals surface area contributed by atoms with E-state index in [1.54, 1.807) is 32.0 Å². The van der Waals surface area contributed by atoms with Gasteiger partial charge in [-0.1, -0.05) is 0 Å². The van der Waals surface area contributed by atoms with E-state index in [1.807, 2.05) is 17.5 Å². The van der Waals surface area contributed by atoms with Crippen LogP contribution in [0.3, 0.4) is 0 Å². The Bertz CT molecular complexity index is 654. The van der Waals surface area contributed by atoms with Crippen LogP contribution < -0.4 is 9.47 Å². The fourth-order valence-corrected chi connectivity index (χ4v) is 4.04. The number of carbonyl (C=O) groups is 1. The zero-order chi connectivity index (χ0) is 15.4. The van der Waals surface area contributed by atoms with Crippen LogP contribution >= 0.6 is 39.0 Å². The van der Waals surface area contributed by atoms with Crippen molar-refractivity contribution in [3.63, 3.8) is 0 Å².